The van der Waals surface area contributed by atoms with Gasteiger partial charge in [-0.1, -0.05) is 60.7 Å². The highest BCUT2D eigenvalue weighted by Gasteiger charge is 2.50. The molecule has 0 amide bonds. The number of esters is 3. The lowest BCUT2D eigenvalue weighted by molar-refractivity contribution is -0.187. The molecule has 14 heteroatoms. The van der Waals surface area contributed by atoms with E-state index in [2.05, 4.69) is 26.3 Å². The SMILES string of the molecule is CC(=O)O[C@@H]1[C@H](OC(C)=O)[C@@H](OC(C)=O)c2ccc3c4ccccc4c4ccccc4c3c2[C@H]1Nc1ncnc2c1ncn2[C@H]1C[C@H](O)[C@@H](CO)O1. The lowest BCUT2D eigenvalue weighted by Gasteiger charge is -2.43. The van der Waals surface area contributed by atoms with E-state index >= 15 is 0 Å². The van der Waals surface area contributed by atoms with E-state index in [1.165, 1.54) is 33.4 Å². The zero-order valence-electron chi connectivity index (χ0n) is 28.4. The fourth-order valence-corrected chi connectivity index (χ4v) is 7.80. The van der Waals surface area contributed by atoms with E-state index in [0.717, 1.165) is 32.3 Å². The predicted octanol–water partition coefficient (Wildman–Crippen LogP) is 4.56. The third kappa shape index (κ3) is 5.55. The van der Waals surface area contributed by atoms with Crippen molar-refractivity contribution in [3.8, 4) is 0 Å². The average Bonchev–Trinajstić information content (AvgIpc) is 3.73. The fraction of sp³-hybridized carbons (Fsp3) is 0.316. The van der Waals surface area contributed by atoms with Crippen molar-refractivity contribution in [1.82, 2.24) is 19.5 Å². The summed E-state index contributed by atoms with van der Waals surface area (Å²) in [6, 6.07) is 18.9. The predicted molar refractivity (Wildman–Crippen MR) is 188 cm³/mol. The second kappa shape index (κ2) is 13.1. The number of carbonyl (C=O) groups excluding carboxylic acids is 3. The molecule has 266 valence electrons. The van der Waals surface area contributed by atoms with Crippen LogP contribution in [0.25, 0.3) is 43.5 Å². The van der Waals surface area contributed by atoms with Gasteiger partial charge in [0.1, 0.15) is 18.7 Å². The third-order valence-corrected chi connectivity index (χ3v) is 9.79. The van der Waals surface area contributed by atoms with Gasteiger partial charge < -0.3 is 34.5 Å². The van der Waals surface area contributed by atoms with Crippen LogP contribution in [0.5, 0.6) is 0 Å². The standard InChI is InChI=1S/C38H35N5O9/c1-18(45)49-34-26-13-12-25-23-10-5-4-8-21(23)22-9-6-7-11-24(22)30(25)31(26)32(35(50-19(2)46)36(34)51-20(3)47)42-37-33-38(40-16-39-37)43(17-41-33)29-14-27(48)28(15-44)52-29/h4-13,16-17,27-29,32,34-36,44,48H,14-15H2,1-3H3,(H,39,40,42)/t27-,28+,29+,32+,34-,35-,36+/m0/s1. The summed E-state index contributed by atoms with van der Waals surface area (Å²) in [6.45, 7) is 3.41. The molecule has 0 radical (unpaired) electrons. The summed E-state index contributed by atoms with van der Waals surface area (Å²) in [6.07, 6.45) is -2.81. The van der Waals surface area contributed by atoms with E-state index in [1.807, 2.05) is 54.6 Å². The molecular weight excluding hydrogens is 670 g/mol. The molecule has 52 heavy (non-hydrogen) atoms. The Morgan fingerprint density at radius 3 is 2.08 bits per heavy atom. The number of aliphatic hydroxyl groups excluding tert-OH is 2. The van der Waals surface area contributed by atoms with Crippen LogP contribution in [0.1, 0.15) is 56.7 Å². The van der Waals surface area contributed by atoms with Gasteiger partial charge in [-0.15, -0.1) is 0 Å². The fourth-order valence-electron chi connectivity index (χ4n) is 7.80. The van der Waals surface area contributed by atoms with Crippen LogP contribution >= 0.6 is 0 Å². The van der Waals surface area contributed by atoms with Crippen molar-refractivity contribution in [2.75, 3.05) is 11.9 Å². The monoisotopic (exact) mass is 705 g/mol. The molecule has 7 atom stereocenters. The molecule has 2 aromatic heterocycles. The van der Waals surface area contributed by atoms with Gasteiger partial charge in [-0.3, -0.25) is 19.0 Å². The van der Waals surface area contributed by atoms with Gasteiger partial charge in [0.05, 0.1) is 25.1 Å². The molecule has 1 fully saturated rings. The highest BCUT2D eigenvalue weighted by Crippen LogP contribution is 2.49. The number of aliphatic hydroxyl groups is 2. The summed E-state index contributed by atoms with van der Waals surface area (Å²) < 4.78 is 25.4. The van der Waals surface area contributed by atoms with Crippen molar-refractivity contribution in [3.63, 3.8) is 0 Å². The molecule has 3 N–H and O–H groups in total. The minimum atomic E-state index is -1.25. The summed E-state index contributed by atoms with van der Waals surface area (Å²) >= 11 is 0. The number of imidazole rings is 1. The first-order chi connectivity index (χ1) is 25.1. The number of aromatic nitrogens is 4. The summed E-state index contributed by atoms with van der Waals surface area (Å²) in [4.78, 5) is 51.8. The Hall–Kier alpha value is -5.70. The molecule has 14 nitrogen and oxygen atoms in total. The zero-order valence-corrected chi connectivity index (χ0v) is 28.4. The number of hydrogen-bond donors (Lipinski definition) is 3. The molecule has 3 heterocycles. The Bertz CT molecular complexity index is 2360. The molecule has 0 bridgehead atoms. The highest BCUT2D eigenvalue weighted by atomic mass is 16.6. The molecule has 1 aliphatic carbocycles. The minimum Gasteiger partial charge on any atom is -0.456 e. The van der Waals surface area contributed by atoms with Crippen molar-refractivity contribution in [2.45, 2.75) is 70.0 Å². The zero-order chi connectivity index (χ0) is 36.3. The number of benzene rings is 4. The molecule has 4 aromatic carbocycles. The summed E-state index contributed by atoms with van der Waals surface area (Å²) in [5, 5.41) is 29.2. The Balaban J connectivity index is 1.39. The van der Waals surface area contributed by atoms with Crippen LogP contribution in [0.3, 0.4) is 0 Å². The Labute approximate surface area is 296 Å². The van der Waals surface area contributed by atoms with Gasteiger partial charge in [0.2, 0.25) is 0 Å². The molecule has 0 unspecified atom stereocenters. The first kappa shape index (κ1) is 33.4. The van der Waals surface area contributed by atoms with Crippen LogP contribution in [-0.4, -0.2) is 78.7 Å². The van der Waals surface area contributed by atoms with Crippen LogP contribution in [0.2, 0.25) is 0 Å². The Kier molecular flexibility index (Phi) is 8.44. The highest BCUT2D eigenvalue weighted by molar-refractivity contribution is 6.26. The van der Waals surface area contributed by atoms with Crippen LogP contribution < -0.4 is 5.32 Å². The maximum absolute atomic E-state index is 12.9. The van der Waals surface area contributed by atoms with Gasteiger partial charge in [0, 0.05) is 32.8 Å². The van der Waals surface area contributed by atoms with E-state index < -0.39 is 60.7 Å². The first-order valence-electron chi connectivity index (χ1n) is 16.9. The topological polar surface area (TPSA) is 184 Å². The van der Waals surface area contributed by atoms with Crippen LogP contribution in [0.15, 0.2) is 73.3 Å². The lowest BCUT2D eigenvalue weighted by Crippen LogP contribution is -2.50. The summed E-state index contributed by atoms with van der Waals surface area (Å²) in [7, 11) is 0. The number of nitrogens with zero attached hydrogens (tertiary/aromatic N) is 4. The van der Waals surface area contributed by atoms with Crippen LogP contribution in [0.4, 0.5) is 5.82 Å². The smallest absolute Gasteiger partial charge is 0.303 e. The van der Waals surface area contributed by atoms with Gasteiger partial charge in [-0.2, -0.15) is 0 Å². The first-order valence-corrected chi connectivity index (χ1v) is 16.9. The molecule has 6 aromatic rings. The molecule has 1 aliphatic heterocycles. The molecular formula is C38H35N5O9. The van der Waals surface area contributed by atoms with Gasteiger partial charge in [0.15, 0.2) is 35.3 Å². The Morgan fingerprint density at radius 2 is 1.44 bits per heavy atom. The minimum absolute atomic E-state index is 0.211. The van der Waals surface area contributed by atoms with E-state index in [1.54, 1.807) is 4.57 Å². The third-order valence-electron chi connectivity index (χ3n) is 9.79. The van der Waals surface area contributed by atoms with E-state index in [-0.39, 0.29) is 18.8 Å². The van der Waals surface area contributed by atoms with E-state index in [0.29, 0.717) is 22.3 Å². The van der Waals surface area contributed by atoms with Crippen molar-refractivity contribution in [3.05, 3.63) is 84.4 Å². The molecule has 2 aliphatic rings. The maximum Gasteiger partial charge on any atom is 0.303 e. The number of hydrogen-bond acceptors (Lipinski definition) is 13. The molecule has 8 rings (SSSR count). The van der Waals surface area contributed by atoms with E-state index in [9.17, 15) is 24.6 Å². The maximum atomic E-state index is 12.9. The van der Waals surface area contributed by atoms with E-state index in [4.69, 9.17) is 18.9 Å². The van der Waals surface area contributed by atoms with Gasteiger partial charge in [-0.25, -0.2) is 15.0 Å². The van der Waals surface area contributed by atoms with Crippen LogP contribution in [-0.2, 0) is 33.3 Å². The normalized spacial score (nSPS) is 24.2. The summed E-state index contributed by atoms with van der Waals surface area (Å²) in [5.74, 6) is -1.66. The second-order valence-electron chi connectivity index (χ2n) is 13.0. The number of nitrogens with one attached hydrogen (secondary N) is 1. The number of fused-ring (bicyclic) bond motifs is 9. The quantitative estimate of drug-likeness (QED) is 0.119. The average molecular weight is 706 g/mol. The van der Waals surface area contributed by atoms with Crippen molar-refractivity contribution < 1.29 is 43.5 Å². The summed E-state index contributed by atoms with van der Waals surface area (Å²) in [5.41, 5.74) is 1.93. The number of rotatable bonds is 7. The lowest BCUT2D eigenvalue weighted by atomic mass is 9.77. The number of ether oxygens (including phenoxy) is 4. The van der Waals surface area contributed by atoms with Gasteiger partial charge >= 0.3 is 17.9 Å². The largest absolute Gasteiger partial charge is 0.456 e. The molecule has 0 spiro atoms. The molecule has 1 saturated heterocycles. The Morgan fingerprint density at radius 1 is 0.827 bits per heavy atom. The van der Waals surface area contributed by atoms with Crippen molar-refractivity contribution >= 4 is 67.2 Å². The van der Waals surface area contributed by atoms with Gasteiger partial charge in [-0.05, 0) is 37.9 Å². The number of carbonyl (C=O) groups is 3. The van der Waals surface area contributed by atoms with Crippen molar-refractivity contribution in [2.24, 2.45) is 0 Å². The number of anilines is 1. The second-order valence-corrected chi connectivity index (χ2v) is 13.0. The molecule has 0 saturated carbocycles. The van der Waals surface area contributed by atoms with Crippen LogP contribution in [0, 0.1) is 0 Å². The van der Waals surface area contributed by atoms with Gasteiger partial charge in [0.25, 0.3) is 0 Å². The van der Waals surface area contributed by atoms with Crippen molar-refractivity contribution in [1.29, 1.82) is 0 Å².